The molecule has 0 amide bonds. The van der Waals surface area contributed by atoms with Gasteiger partial charge in [0.15, 0.2) is 11.7 Å². The van der Waals surface area contributed by atoms with Gasteiger partial charge in [0, 0.05) is 47.0 Å². The first-order chi connectivity index (χ1) is 23.9. The zero-order chi connectivity index (χ0) is 37.9. The zero-order valence-corrected chi connectivity index (χ0v) is 31.3. The van der Waals surface area contributed by atoms with Gasteiger partial charge < -0.3 is 20.1 Å². The van der Waals surface area contributed by atoms with Crippen LogP contribution in [0.15, 0.2) is 35.1 Å². The lowest BCUT2D eigenvalue weighted by atomic mass is 9.93. The minimum Gasteiger partial charge on any atom is -0.478 e. The SMILES string of the molecule is CC/C=C(/Nc1c(F)/c(=c2/ccc(F)c3c2=C(C#N)C(=N)S3)c(C(F)(F)F)c/c1=C(/C)N(C)C(CCC(C)C)C(C)C)OCC1CC(O)CN1C. The molecule has 2 aliphatic rings. The van der Waals surface area contributed by atoms with Crippen molar-refractivity contribution in [3.05, 3.63) is 68.2 Å². The molecular formula is C38H48F5N5O2S. The number of thioether (sulfide) groups is 1. The third-order valence-corrected chi connectivity index (χ3v) is 10.7. The Hall–Kier alpha value is -3.60. The molecule has 0 saturated carbocycles. The standard InChI is InChI=1S/C38H48F5N5O2S/c1-9-10-31(50-19-23-15-24(49)18-47(23)7)46-35-26(22(6)48(8)30(21(4)5)14-11-20(2)3)16-28(38(41,42)43)33(34(35)40)25-12-13-29(39)36-32(25)27(17-44)37(45)51-36/h10,12-13,16,20-21,23-24,30,45-46,49H,9,11,14-15,18-19H2,1-8H3/b26-22+,31-10-,33-25-,45-37?. The largest absolute Gasteiger partial charge is 0.478 e. The van der Waals surface area contributed by atoms with Crippen LogP contribution in [0.25, 0.3) is 11.3 Å². The average molecular weight is 734 g/mol. The topological polar surface area (TPSA) is 95.6 Å². The van der Waals surface area contributed by atoms with E-state index in [1.807, 2.05) is 43.7 Å². The number of hydrogen-bond donors (Lipinski definition) is 3. The molecule has 2 aromatic rings. The summed E-state index contributed by atoms with van der Waals surface area (Å²) in [5, 5.41) is 29.4. The first-order valence-corrected chi connectivity index (χ1v) is 18.1. The second kappa shape index (κ2) is 16.4. The maximum absolute atomic E-state index is 17.4. The van der Waals surface area contributed by atoms with Crippen molar-refractivity contribution in [3.8, 4) is 6.07 Å². The first kappa shape index (κ1) is 40.2. The van der Waals surface area contributed by atoms with Crippen LogP contribution in [0.1, 0.15) is 72.8 Å². The minimum atomic E-state index is -5.06. The van der Waals surface area contributed by atoms with Gasteiger partial charge in [0.2, 0.25) is 0 Å². The molecule has 278 valence electrons. The van der Waals surface area contributed by atoms with Crippen LogP contribution in [0.5, 0.6) is 0 Å². The summed E-state index contributed by atoms with van der Waals surface area (Å²) in [5.74, 6) is -1.44. The van der Waals surface area contributed by atoms with Gasteiger partial charge in [-0.25, -0.2) is 8.78 Å². The fraction of sp³-hybridized carbons (Fsp3) is 0.526. The molecule has 3 unspecified atom stereocenters. The number of likely N-dealkylation sites (N-methyl/N-ethyl adjacent to an activating group) is 1. The highest BCUT2D eigenvalue weighted by molar-refractivity contribution is 8.15. The summed E-state index contributed by atoms with van der Waals surface area (Å²) < 4.78 is 84.0. The number of aliphatic hydroxyl groups excluding tert-OH is 1. The molecule has 2 aromatic carbocycles. The molecule has 4 rings (SSSR count). The van der Waals surface area contributed by atoms with Gasteiger partial charge in [-0.1, -0.05) is 52.4 Å². The number of nitriles is 1. The van der Waals surface area contributed by atoms with E-state index in [9.17, 15) is 14.8 Å². The van der Waals surface area contributed by atoms with E-state index < -0.39 is 34.7 Å². The summed E-state index contributed by atoms with van der Waals surface area (Å²) in [5.41, 5.74) is -1.50. The molecule has 0 radical (unpaired) electrons. The van der Waals surface area contributed by atoms with Crippen molar-refractivity contribution in [2.45, 2.75) is 96.5 Å². The van der Waals surface area contributed by atoms with E-state index in [1.165, 1.54) is 0 Å². The highest BCUT2D eigenvalue weighted by Crippen LogP contribution is 2.35. The predicted molar refractivity (Wildman–Crippen MR) is 192 cm³/mol. The second-order valence-corrected chi connectivity index (χ2v) is 15.1. The summed E-state index contributed by atoms with van der Waals surface area (Å²) in [6, 6.07) is 4.47. The number of benzene rings is 2. The predicted octanol–water partition coefficient (Wildman–Crippen LogP) is 7.29. The molecule has 1 fully saturated rings. The number of anilines is 1. The van der Waals surface area contributed by atoms with Gasteiger partial charge in [-0.3, -0.25) is 10.3 Å². The Kier molecular flexibility index (Phi) is 12.9. The number of nitrogens with one attached hydrogen (secondary N) is 2. The van der Waals surface area contributed by atoms with Gasteiger partial charge in [-0.15, -0.1) is 0 Å². The molecule has 2 heterocycles. The number of fused-ring (bicyclic) bond motifs is 1. The van der Waals surface area contributed by atoms with Crippen molar-refractivity contribution in [1.29, 1.82) is 10.7 Å². The maximum atomic E-state index is 17.4. The molecule has 0 aromatic heterocycles. The summed E-state index contributed by atoms with van der Waals surface area (Å²) in [7, 11) is 3.65. The van der Waals surface area contributed by atoms with Gasteiger partial charge in [0.05, 0.1) is 27.8 Å². The Labute approximate surface area is 300 Å². The Morgan fingerprint density at radius 2 is 1.90 bits per heavy atom. The van der Waals surface area contributed by atoms with E-state index in [0.29, 0.717) is 42.8 Å². The molecule has 3 atom stereocenters. The van der Waals surface area contributed by atoms with Crippen molar-refractivity contribution in [2.24, 2.45) is 11.8 Å². The number of aliphatic hydroxyl groups is 1. The van der Waals surface area contributed by atoms with Crippen LogP contribution in [0.3, 0.4) is 0 Å². The number of β-amino-alcohol motifs (C(OH)–C–C–N with tert-alkyl or cyclic N) is 1. The van der Waals surface area contributed by atoms with Crippen molar-refractivity contribution in [3.63, 3.8) is 0 Å². The second-order valence-electron chi connectivity index (χ2n) is 14.1. The van der Waals surface area contributed by atoms with Crippen molar-refractivity contribution in [2.75, 3.05) is 32.6 Å². The van der Waals surface area contributed by atoms with Gasteiger partial charge >= 0.3 is 6.18 Å². The summed E-state index contributed by atoms with van der Waals surface area (Å²) >= 11 is 0.611. The number of hydrogen-bond acceptors (Lipinski definition) is 8. The average Bonchev–Trinajstić information content (AvgIpc) is 3.56. The smallest absolute Gasteiger partial charge is 0.417 e. The number of likely N-dealkylation sites (tertiary alicyclic amines) is 1. The molecule has 0 bridgehead atoms. The van der Waals surface area contributed by atoms with E-state index in [4.69, 9.17) is 10.1 Å². The van der Waals surface area contributed by atoms with Gasteiger partial charge in [-0.2, -0.15) is 18.4 Å². The molecule has 0 aliphatic carbocycles. The monoisotopic (exact) mass is 733 g/mol. The molecule has 2 aliphatic heterocycles. The van der Waals surface area contributed by atoms with E-state index >= 15 is 17.6 Å². The van der Waals surface area contributed by atoms with Crippen LogP contribution in [-0.4, -0.2) is 65.4 Å². The van der Waals surface area contributed by atoms with Crippen molar-refractivity contribution in [1.82, 2.24) is 9.80 Å². The molecular weight excluding hydrogens is 686 g/mol. The lowest BCUT2D eigenvalue weighted by molar-refractivity contribution is -0.138. The fourth-order valence-corrected chi connectivity index (χ4v) is 7.77. The lowest BCUT2D eigenvalue weighted by Crippen LogP contribution is -2.37. The van der Waals surface area contributed by atoms with Gasteiger partial charge in [-0.05, 0) is 74.9 Å². The van der Waals surface area contributed by atoms with Crippen molar-refractivity contribution >= 4 is 33.8 Å². The Morgan fingerprint density at radius 3 is 2.45 bits per heavy atom. The quantitative estimate of drug-likeness (QED) is 0.156. The van der Waals surface area contributed by atoms with E-state index in [-0.39, 0.29) is 67.3 Å². The summed E-state index contributed by atoms with van der Waals surface area (Å²) in [6.07, 6.45) is -1.35. The van der Waals surface area contributed by atoms with E-state index in [1.54, 1.807) is 20.0 Å². The highest BCUT2D eigenvalue weighted by atomic mass is 32.2. The number of allylic oxidation sites excluding steroid dienone is 1. The Balaban J connectivity index is 2.13. The van der Waals surface area contributed by atoms with Gasteiger partial charge in [0.25, 0.3) is 0 Å². The lowest BCUT2D eigenvalue weighted by Gasteiger charge is -2.35. The molecule has 0 spiro atoms. The number of ether oxygens (including phenoxy) is 1. The maximum Gasteiger partial charge on any atom is 0.417 e. The number of nitrogens with zero attached hydrogens (tertiary/aromatic N) is 3. The minimum absolute atomic E-state index is 0.0364. The Morgan fingerprint density at radius 1 is 1.22 bits per heavy atom. The zero-order valence-electron chi connectivity index (χ0n) is 30.4. The van der Waals surface area contributed by atoms with Crippen LogP contribution in [0, 0.1) is 50.6 Å². The number of alkyl halides is 3. The van der Waals surface area contributed by atoms with Crippen LogP contribution < -0.4 is 15.8 Å². The van der Waals surface area contributed by atoms with Crippen LogP contribution >= 0.6 is 11.8 Å². The van der Waals surface area contributed by atoms with Crippen LogP contribution in [0.4, 0.5) is 27.6 Å². The Bertz CT molecular complexity index is 1940. The molecule has 7 nitrogen and oxygen atoms in total. The molecule has 3 N–H and O–H groups in total. The van der Waals surface area contributed by atoms with E-state index in [0.717, 1.165) is 31.0 Å². The highest BCUT2D eigenvalue weighted by Gasteiger charge is 2.36. The van der Waals surface area contributed by atoms with Crippen molar-refractivity contribution < 1.29 is 31.8 Å². The molecule has 51 heavy (non-hydrogen) atoms. The fourth-order valence-electron chi connectivity index (χ4n) is 6.83. The van der Waals surface area contributed by atoms with E-state index in [2.05, 4.69) is 19.2 Å². The third kappa shape index (κ3) is 8.72. The normalized spacial score (nSPS) is 20.2. The summed E-state index contributed by atoms with van der Waals surface area (Å²) in [6.45, 7) is 12.4. The molecule has 13 heteroatoms. The van der Waals surface area contributed by atoms with Gasteiger partial charge in [0.1, 0.15) is 23.5 Å². The first-order valence-electron chi connectivity index (χ1n) is 17.3. The third-order valence-electron chi connectivity index (χ3n) is 9.70. The number of rotatable bonds is 12. The summed E-state index contributed by atoms with van der Waals surface area (Å²) in [4.78, 5) is 3.65. The number of halogens is 5. The molecule has 1 saturated heterocycles. The van der Waals surface area contributed by atoms with Crippen LogP contribution in [-0.2, 0) is 10.9 Å². The van der Waals surface area contributed by atoms with Crippen LogP contribution in [0.2, 0.25) is 0 Å².